The number of amides is 1. The number of carbonyl (C=O) groups is 4. The van der Waals surface area contributed by atoms with Gasteiger partial charge in [0.25, 0.3) is 0 Å². The van der Waals surface area contributed by atoms with Crippen LogP contribution in [0.5, 0.6) is 11.5 Å². The van der Waals surface area contributed by atoms with Crippen LogP contribution in [-0.2, 0) is 47.1 Å². The highest BCUT2D eigenvalue weighted by atomic mass is 79.9. The van der Waals surface area contributed by atoms with E-state index in [1.165, 1.54) is 108 Å². The molecule has 23 heteroatoms. The SMILES string of the molecule is CCCCCCCCCCCCCC[C@H](CC(=O)O[C@@H]1[C@@H](NC(=O)OCC(Cl)(Cl)Cl)[C@@H](Br)O[C@H](COC(=O)OCC(Cl)(Cl)Cl)[C@H]1OP(=O)(Oc1ccccc1)Oc1ccccc1)OC(=O)CCCCCCCCCCCCC. The molecule has 1 aliphatic rings. The van der Waals surface area contributed by atoms with E-state index in [1.54, 1.807) is 36.4 Å². The fraction of sp³-hybridized carbons (Fsp3) is 0.709. The maximum absolute atomic E-state index is 15.1. The van der Waals surface area contributed by atoms with Crippen molar-refractivity contribution in [3.8, 4) is 11.5 Å². The minimum absolute atomic E-state index is 0.0454. The number of alkyl carbamates (subject to hydrolysis) is 1. The Hall–Kier alpha value is -2.11. The van der Waals surface area contributed by atoms with Gasteiger partial charge in [0.15, 0.2) is 6.10 Å². The van der Waals surface area contributed by atoms with Gasteiger partial charge in [-0.25, -0.2) is 14.2 Å². The number of rotatable bonds is 40. The van der Waals surface area contributed by atoms with Crippen molar-refractivity contribution in [2.45, 2.75) is 224 Å². The van der Waals surface area contributed by atoms with Gasteiger partial charge in [-0.05, 0) is 43.5 Å². The summed E-state index contributed by atoms with van der Waals surface area (Å²) in [5.41, 5.74) is 0. The van der Waals surface area contributed by atoms with Crippen molar-refractivity contribution < 1.29 is 65.7 Å². The van der Waals surface area contributed by atoms with Gasteiger partial charge in [-0.1, -0.05) is 271 Å². The number of halogens is 7. The van der Waals surface area contributed by atoms with Gasteiger partial charge in [-0.2, -0.15) is 0 Å². The summed E-state index contributed by atoms with van der Waals surface area (Å²) < 4.78 is 63.3. The van der Waals surface area contributed by atoms with Crippen LogP contribution in [0.2, 0.25) is 0 Å². The molecule has 0 radical (unpaired) electrons. The molecule has 15 nitrogen and oxygen atoms in total. The minimum atomic E-state index is -4.93. The number of hydrogen-bond acceptors (Lipinski definition) is 14. The molecule has 1 amide bonds. The quantitative estimate of drug-likeness (QED) is 0.0219. The molecule has 2 aromatic carbocycles. The fourth-order valence-electron chi connectivity index (χ4n) is 8.51. The Morgan fingerprint density at radius 3 is 1.53 bits per heavy atom. The lowest BCUT2D eigenvalue weighted by molar-refractivity contribution is -0.193. The van der Waals surface area contributed by atoms with Crippen LogP contribution in [-0.4, -0.2) is 87.1 Å². The molecule has 2 aromatic rings. The number of hydrogen-bond donors (Lipinski definition) is 1. The molecule has 0 unspecified atom stereocenters. The molecule has 1 aliphatic heterocycles. The Bertz CT molecular complexity index is 1960. The van der Waals surface area contributed by atoms with Gasteiger partial charge >= 0.3 is 32.0 Å². The Labute approximate surface area is 501 Å². The number of para-hydroxylation sites is 2. The number of ether oxygens (including phenoxy) is 6. The normalized spacial score (nSPS) is 18.1. The molecule has 1 fully saturated rings. The first kappa shape index (κ1) is 70.2. The molecule has 0 saturated carbocycles. The number of phosphoric acid groups is 1. The minimum Gasteiger partial charge on any atom is -0.462 e. The monoisotopic (exact) mass is 1300 g/mol. The first-order chi connectivity index (χ1) is 37.3. The highest BCUT2D eigenvalue weighted by molar-refractivity contribution is 9.09. The van der Waals surface area contributed by atoms with Crippen LogP contribution in [0.15, 0.2) is 60.7 Å². The van der Waals surface area contributed by atoms with Gasteiger partial charge in [0, 0.05) is 6.42 Å². The van der Waals surface area contributed by atoms with Crippen LogP contribution in [0, 0.1) is 0 Å². The molecule has 3 rings (SSSR count). The van der Waals surface area contributed by atoms with E-state index in [2.05, 4.69) is 35.1 Å². The van der Waals surface area contributed by atoms with Crippen LogP contribution < -0.4 is 14.4 Å². The maximum atomic E-state index is 15.1. The molecular weight excluding hydrogens is 1220 g/mol. The number of esters is 2. The van der Waals surface area contributed by atoms with Gasteiger partial charge in [-0.15, -0.1) is 0 Å². The summed E-state index contributed by atoms with van der Waals surface area (Å²) in [6, 6.07) is 14.4. The first-order valence-electron chi connectivity index (χ1n) is 27.6. The first-order valence-corrected chi connectivity index (χ1v) is 32.3. The van der Waals surface area contributed by atoms with E-state index in [1.807, 2.05) is 0 Å². The topological polar surface area (TPSA) is 180 Å². The third kappa shape index (κ3) is 33.1. The molecule has 444 valence electrons. The summed E-state index contributed by atoms with van der Waals surface area (Å²) in [7, 11) is -4.93. The molecule has 0 bridgehead atoms. The molecule has 1 N–H and O–H groups in total. The van der Waals surface area contributed by atoms with E-state index in [9.17, 15) is 19.2 Å². The molecule has 0 aliphatic carbocycles. The molecule has 0 spiro atoms. The predicted molar refractivity (Wildman–Crippen MR) is 312 cm³/mol. The van der Waals surface area contributed by atoms with Gasteiger partial charge in [0.2, 0.25) is 7.59 Å². The average Bonchev–Trinajstić information content (AvgIpc) is 3.45. The van der Waals surface area contributed by atoms with Crippen molar-refractivity contribution >= 4 is 118 Å². The highest BCUT2D eigenvalue weighted by Crippen LogP contribution is 2.53. The van der Waals surface area contributed by atoms with Crippen LogP contribution in [0.3, 0.4) is 0 Å². The van der Waals surface area contributed by atoms with Crippen molar-refractivity contribution in [3.05, 3.63) is 60.7 Å². The lowest BCUT2D eigenvalue weighted by atomic mass is 9.97. The second-order valence-electron chi connectivity index (χ2n) is 19.4. The largest absolute Gasteiger partial charge is 0.588 e. The lowest BCUT2D eigenvalue weighted by Gasteiger charge is -2.44. The standard InChI is InChI=1S/C55H81BrCl6NO14P/c1-3-5-7-9-11-13-15-17-18-20-22-26-36-44(72-46(64)37-31-23-21-19-16-14-12-10-8-6-4-2)38-47(65)74-50-48(63-52(66)70-40-54(57,58)59)51(56)73-45(39-69-53(67)71-41-55(60,61)62)49(50)77-78(68,75-42-32-27-24-28-33-42)76-43-34-29-25-30-35-43/h24-25,27-30,32-35,44-45,48-51H,3-23,26,31,36-41H2,1-2H3,(H,63,66)/t44-,45-,48-,49-,50-,51+/m1/s1. The van der Waals surface area contributed by atoms with Crippen LogP contribution in [0.25, 0.3) is 0 Å². The Kier molecular flexibility index (Phi) is 36.1. The summed E-state index contributed by atoms with van der Waals surface area (Å²) in [6.45, 7) is 2.30. The number of alkyl halides is 7. The highest BCUT2D eigenvalue weighted by Gasteiger charge is 2.54. The number of phosphoric ester groups is 1. The average molecular weight is 1300 g/mol. The molecular formula is C55H81BrCl6NO14P. The Balaban J connectivity index is 1.93. The van der Waals surface area contributed by atoms with E-state index >= 15 is 4.57 Å². The van der Waals surface area contributed by atoms with E-state index in [-0.39, 0.29) is 17.9 Å². The Morgan fingerprint density at radius 1 is 0.603 bits per heavy atom. The molecule has 1 saturated heterocycles. The number of carbonyl (C=O) groups excluding carboxylic acids is 4. The third-order valence-electron chi connectivity index (χ3n) is 12.5. The lowest BCUT2D eigenvalue weighted by Crippen LogP contribution is -2.64. The fourth-order valence-corrected chi connectivity index (χ4v) is 11.0. The van der Waals surface area contributed by atoms with Crippen molar-refractivity contribution in [1.29, 1.82) is 0 Å². The zero-order valence-corrected chi connectivity index (χ0v) is 52.1. The van der Waals surface area contributed by atoms with Gasteiger partial charge in [0.05, 0.1) is 6.42 Å². The second kappa shape index (κ2) is 40.2. The van der Waals surface area contributed by atoms with Crippen molar-refractivity contribution in [3.63, 3.8) is 0 Å². The second-order valence-corrected chi connectivity index (χ2v) is 26.8. The van der Waals surface area contributed by atoms with Gasteiger partial charge in [0.1, 0.15) is 60.7 Å². The number of nitrogens with one attached hydrogen (secondary N) is 1. The van der Waals surface area contributed by atoms with E-state index in [0.717, 1.165) is 51.4 Å². The summed E-state index contributed by atoms with van der Waals surface area (Å²) in [6.07, 6.45) is 17.4. The zero-order chi connectivity index (χ0) is 57.1. The van der Waals surface area contributed by atoms with Crippen molar-refractivity contribution in [1.82, 2.24) is 5.32 Å². The van der Waals surface area contributed by atoms with E-state index in [0.29, 0.717) is 19.3 Å². The van der Waals surface area contributed by atoms with Crippen LogP contribution >= 0.6 is 93.4 Å². The third-order valence-corrected chi connectivity index (χ3v) is 15.3. The van der Waals surface area contributed by atoms with Crippen LogP contribution in [0.1, 0.15) is 181 Å². The predicted octanol–water partition coefficient (Wildman–Crippen LogP) is 17.8. The molecule has 78 heavy (non-hydrogen) atoms. The van der Waals surface area contributed by atoms with Crippen molar-refractivity contribution in [2.75, 3.05) is 19.8 Å². The molecule has 0 aromatic heterocycles. The zero-order valence-electron chi connectivity index (χ0n) is 45.1. The maximum Gasteiger partial charge on any atom is 0.588 e. The summed E-state index contributed by atoms with van der Waals surface area (Å²) in [5.74, 6) is -1.26. The van der Waals surface area contributed by atoms with Gasteiger partial charge in [-0.3, -0.25) is 14.1 Å². The number of benzene rings is 2. The van der Waals surface area contributed by atoms with E-state index in [4.69, 9.17) is 112 Å². The summed E-state index contributed by atoms with van der Waals surface area (Å²) in [5, 5.41) is 1.25. The summed E-state index contributed by atoms with van der Waals surface area (Å²) >= 11 is 38.5. The van der Waals surface area contributed by atoms with E-state index < -0.39 is 101 Å². The smallest absolute Gasteiger partial charge is 0.462 e. The Morgan fingerprint density at radius 2 is 1.05 bits per heavy atom. The van der Waals surface area contributed by atoms with Crippen molar-refractivity contribution in [2.24, 2.45) is 0 Å². The van der Waals surface area contributed by atoms with Gasteiger partial charge < -0.3 is 42.8 Å². The number of unbranched alkanes of at least 4 members (excludes halogenated alkanes) is 21. The van der Waals surface area contributed by atoms with Crippen LogP contribution in [0.4, 0.5) is 9.59 Å². The summed E-state index contributed by atoms with van der Waals surface area (Å²) in [4.78, 5) is 54.3. The molecule has 6 atom stereocenters. The molecule has 1 heterocycles.